The van der Waals surface area contributed by atoms with Crippen LogP contribution in [-0.4, -0.2) is 39.0 Å². The number of nitrogens with zero attached hydrogens (tertiary/aromatic N) is 1. The molecule has 0 aliphatic carbocycles. The van der Waals surface area contributed by atoms with Crippen LogP contribution in [-0.2, 0) is 9.53 Å². The maximum atomic E-state index is 10.3. The lowest BCUT2D eigenvalue weighted by molar-refractivity contribution is -0.105. The van der Waals surface area contributed by atoms with Crippen LogP contribution in [0.3, 0.4) is 0 Å². The number of hydrogen-bond donors (Lipinski definition) is 0. The summed E-state index contributed by atoms with van der Waals surface area (Å²) in [6.45, 7) is 0.377. The molecule has 0 aliphatic rings. The van der Waals surface area contributed by atoms with Gasteiger partial charge in [-0.3, -0.25) is 4.79 Å². The van der Waals surface area contributed by atoms with E-state index in [1.54, 1.807) is 13.3 Å². The number of carbonyl (C=O) groups is 1. The lowest BCUT2D eigenvalue weighted by atomic mass is 10.3. The summed E-state index contributed by atoms with van der Waals surface area (Å²) in [4.78, 5) is 12.1. The zero-order valence-electron chi connectivity index (χ0n) is 6.63. The van der Waals surface area contributed by atoms with Crippen LogP contribution in [0.1, 0.15) is 0 Å². The molecular weight excluding hydrogens is 130 g/mol. The summed E-state index contributed by atoms with van der Waals surface area (Å²) in [6, 6.07) is 0. The fourth-order valence-corrected chi connectivity index (χ4v) is 0.600. The van der Waals surface area contributed by atoms with Crippen molar-refractivity contribution in [3.8, 4) is 0 Å². The summed E-state index contributed by atoms with van der Waals surface area (Å²) in [5.74, 6) is 0. The number of rotatable bonds is 4. The second kappa shape index (κ2) is 4.99. The second-order valence-corrected chi connectivity index (χ2v) is 2.22. The van der Waals surface area contributed by atoms with E-state index in [2.05, 4.69) is 0 Å². The van der Waals surface area contributed by atoms with Crippen LogP contribution in [0.2, 0.25) is 0 Å². The summed E-state index contributed by atoms with van der Waals surface area (Å²) in [6.07, 6.45) is 2.53. The van der Waals surface area contributed by atoms with Crippen molar-refractivity contribution < 1.29 is 9.53 Å². The van der Waals surface area contributed by atoms with Crippen LogP contribution in [0.5, 0.6) is 0 Å². The van der Waals surface area contributed by atoms with Crippen LogP contribution < -0.4 is 0 Å². The molecular formula is C7H13NO2. The van der Waals surface area contributed by atoms with Gasteiger partial charge in [0, 0.05) is 33.0 Å². The summed E-state index contributed by atoms with van der Waals surface area (Å²) in [7, 11) is 5.28. The fourth-order valence-electron chi connectivity index (χ4n) is 0.600. The van der Waals surface area contributed by atoms with Gasteiger partial charge in [-0.2, -0.15) is 0 Å². The smallest absolute Gasteiger partial charge is 0.149 e. The van der Waals surface area contributed by atoms with Crippen molar-refractivity contribution in [1.29, 1.82) is 0 Å². The monoisotopic (exact) mass is 143 g/mol. The van der Waals surface area contributed by atoms with Crippen molar-refractivity contribution in [2.45, 2.75) is 0 Å². The first-order chi connectivity index (χ1) is 4.70. The Labute approximate surface area is 61.3 Å². The zero-order valence-corrected chi connectivity index (χ0v) is 6.63. The van der Waals surface area contributed by atoms with Crippen molar-refractivity contribution in [3.63, 3.8) is 0 Å². The van der Waals surface area contributed by atoms with Gasteiger partial charge < -0.3 is 9.64 Å². The number of carbonyl (C=O) groups excluding carboxylic acids is 1. The van der Waals surface area contributed by atoms with Crippen molar-refractivity contribution in [2.24, 2.45) is 0 Å². The normalized spacial score (nSPS) is 11.3. The van der Waals surface area contributed by atoms with E-state index in [1.807, 2.05) is 19.0 Å². The number of methoxy groups -OCH3 is 1. The third kappa shape index (κ3) is 4.09. The highest BCUT2D eigenvalue weighted by atomic mass is 16.5. The molecule has 58 valence electrons. The van der Waals surface area contributed by atoms with E-state index in [1.165, 1.54) is 0 Å². The van der Waals surface area contributed by atoms with Crippen LogP contribution in [0, 0.1) is 0 Å². The Hall–Kier alpha value is -0.830. The largest absolute Gasteiger partial charge is 0.383 e. The lowest BCUT2D eigenvalue weighted by Gasteiger charge is -2.05. The Morgan fingerprint density at radius 2 is 2.20 bits per heavy atom. The lowest BCUT2D eigenvalue weighted by Crippen LogP contribution is -2.06. The molecule has 0 fully saturated rings. The van der Waals surface area contributed by atoms with Gasteiger partial charge in [-0.1, -0.05) is 0 Å². The van der Waals surface area contributed by atoms with Gasteiger partial charge in [0.15, 0.2) is 0 Å². The molecule has 0 atom stereocenters. The molecule has 0 aromatic rings. The van der Waals surface area contributed by atoms with Crippen molar-refractivity contribution in [2.75, 3.05) is 27.8 Å². The first kappa shape index (κ1) is 9.17. The fraction of sp³-hybridized carbons (Fsp3) is 0.571. The van der Waals surface area contributed by atoms with Crippen LogP contribution in [0.4, 0.5) is 0 Å². The Bertz CT molecular complexity index is 130. The molecule has 0 aliphatic heterocycles. The maximum Gasteiger partial charge on any atom is 0.149 e. The van der Waals surface area contributed by atoms with Gasteiger partial charge in [0.25, 0.3) is 0 Å². The molecule has 0 bridgehead atoms. The van der Waals surface area contributed by atoms with Crippen molar-refractivity contribution in [3.05, 3.63) is 11.8 Å². The summed E-state index contributed by atoms with van der Waals surface area (Å²) < 4.78 is 4.77. The predicted octanol–water partition coefficient (Wildman–Crippen LogP) is 0.277. The number of aldehydes is 1. The van der Waals surface area contributed by atoms with Gasteiger partial charge in [-0.25, -0.2) is 0 Å². The molecule has 0 rings (SSSR count). The predicted molar refractivity (Wildman–Crippen MR) is 39.7 cm³/mol. The van der Waals surface area contributed by atoms with E-state index in [9.17, 15) is 4.79 Å². The van der Waals surface area contributed by atoms with E-state index >= 15 is 0 Å². The first-order valence-electron chi connectivity index (χ1n) is 3.02. The maximum absolute atomic E-state index is 10.3. The minimum absolute atomic E-state index is 0.377. The van der Waals surface area contributed by atoms with E-state index in [0.29, 0.717) is 12.2 Å². The minimum atomic E-state index is 0.377. The Morgan fingerprint density at radius 1 is 1.60 bits per heavy atom. The quantitative estimate of drug-likeness (QED) is 0.418. The highest BCUT2D eigenvalue weighted by molar-refractivity contribution is 5.73. The summed E-state index contributed by atoms with van der Waals surface area (Å²) >= 11 is 0. The van der Waals surface area contributed by atoms with Gasteiger partial charge in [-0.15, -0.1) is 0 Å². The molecule has 0 heterocycles. The van der Waals surface area contributed by atoms with Crippen LogP contribution in [0.15, 0.2) is 11.8 Å². The molecule has 3 nitrogen and oxygen atoms in total. The molecule has 0 N–H and O–H groups in total. The molecule has 0 amide bonds. The Balaban J connectivity index is 3.90. The standard InChI is InChI=1S/C7H13NO2/c1-8(2)4-7(5-9)6-10-3/h4-5H,6H2,1-3H3/b7-4+. The molecule has 0 radical (unpaired) electrons. The highest BCUT2D eigenvalue weighted by Crippen LogP contribution is 1.90. The molecule has 3 heteroatoms. The van der Waals surface area contributed by atoms with Crippen LogP contribution in [0.25, 0.3) is 0 Å². The van der Waals surface area contributed by atoms with Gasteiger partial charge in [0.1, 0.15) is 6.29 Å². The molecule has 0 spiro atoms. The third-order valence-electron chi connectivity index (χ3n) is 0.886. The van der Waals surface area contributed by atoms with Crippen molar-refractivity contribution >= 4 is 6.29 Å². The molecule has 0 aromatic carbocycles. The van der Waals surface area contributed by atoms with E-state index < -0.39 is 0 Å². The van der Waals surface area contributed by atoms with Crippen LogP contribution >= 0.6 is 0 Å². The molecule has 10 heavy (non-hydrogen) atoms. The first-order valence-corrected chi connectivity index (χ1v) is 3.02. The highest BCUT2D eigenvalue weighted by Gasteiger charge is 1.92. The third-order valence-corrected chi connectivity index (χ3v) is 0.886. The van der Waals surface area contributed by atoms with Gasteiger partial charge >= 0.3 is 0 Å². The molecule has 0 aromatic heterocycles. The molecule has 0 unspecified atom stereocenters. The van der Waals surface area contributed by atoms with E-state index in [4.69, 9.17) is 4.74 Å². The summed E-state index contributed by atoms with van der Waals surface area (Å²) in [5.41, 5.74) is 0.646. The topological polar surface area (TPSA) is 29.5 Å². The van der Waals surface area contributed by atoms with Gasteiger partial charge in [-0.05, 0) is 0 Å². The van der Waals surface area contributed by atoms with Gasteiger partial charge in [0.05, 0.1) is 6.61 Å². The minimum Gasteiger partial charge on any atom is -0.383 e. The second-order valence-electron chi connectivity index (χ2n) is 2.22. The summed E-state index contributed by atoms with van der Waals surface area (Å²) in [5, 5.41) is 0. The average molecular weight is 143 g/mol. The average Bonchev–Trinajstić information content (AvgIpc) is 1.86. The zero-order chi connectivity index (χ0) is 7.98. The molecule has 0 saturated carbocycles. The number of ether oxygens (including phenoxy) is 1. The van der Waals surface area contributed by atoms with E-state index in [-0.39, 0.29) is 0 Å². The van der Waals surface area contributed by atoms with Crippen molar-refractivity contribution in [1.82, 2.24) is 4.90 Å². The Morgan fingerprint density at radius 3 is 2.50 bits per heavy atom. The Kier molecular flexibility index (Phi) is 4.58. The van der Waals surface area contributed by atoms with Gasteiger partial charge in [0.2, 0.25) is 0 Å². The SMILES string of the molecule is COC/C(C=O)=C/N(C)C. The number of hydrogen-bond acceptors (Lipinski definition) is 3. The molecule has 0 saturated heterocycles. The van der Waals surface area contributed by atoms with E-state index in [0.717, 1.165) is 6.29 Å².